The smallest absolute Gasteiger partial charge is 0.334 e. The Hall–Kier alpha value is 1.05. The molecule has 0 radical (unpaired) electrons. The minimum atomic E-state index is -0.482. The molecule has 0 atom stereocenters. The lowest BCUT2D eigenvalue weighted by Crippen LogP contribution is -1.99. The second kappa shape index (κ2) is 3.27. The molecule has 1 heterocycles. The minimum Gasteiger partial charge on any atom is -0.334 e. The maximum Gasteiger partial charge on any atom is 0.551 e. The molecular weight excluding hydrogens is 175 g/mol. The van der Waals surface area contributed by atoms with E-state index in [1.54, 1.807) is 11.3 Å². The first-order valence-corrected chi connectivity index (χ1v) is 6.17. The van der Waals surface area contributed by atoms with Crippen molar-refractivity contribution >= 4 is 54.3 Å². The van der Waals surface area contributed by atoms with Crippen LogP contribution in [0.3, 0.4) is 0 Å². The molecule has 0 aliphatic carbocycles. The van der Waals surface area contributed by atoms with Gasteiger partial charge in [-0.2, -0.15) is 11.3 Å². The lowest BCUT2D eigenvalue weighted by molar-refractivity contribution is 2.06. The highest BCUT2D eigenvalue weighted by Gasteiger charge is 1.97. The number of thiophene rings is 1. The van der Waals surface area contributed by atoms with E-state index in [0.717, 1.165) is 4.34 Å². The summed E-state index contributed by atoms with van der Waals surface area (Å²) in [6.45, 7) is 0. The molecule has 1 rings (SSSR count). The van der Waals surface area contributed by atoms with Crippen molar-refractivity contribution < 1.29 is 0 Å². The largest absolute Gasteiger partial charge is 0.551 e. The van der Waals surface area contributed by atoms with Crippen LogP contribution in [-0.2, 0) is 0 Å². The molecule has 1 aromatic heterocycles. The summed E-state index contributed by atoms with van der Waals surface area (Å²) in [5.41, 5.74) is 0. The third-order valence-corrected chi connectivity index (χ3v) is 4.55. The normalized spacial score (nSPS) is 8.75. The van der Waals surface area contributed by atoms with Gasteiger partial charge in [0.2, 0.25) is 0 Å². The molecule has 0 aromatic carbocycles. The first kappa shape index (κ1) is 7.16. The monoisotopic (exact) mass is 176 g/mol. The molecular formula is C4H2Cl2MgS. The van der Waals surface area contributed by atoms with E-state index in [2.05, 4.69) is 0 Å². The van der Waals surface area contributed by atoms with Crippen molar-refractivity contribution in [1.82, 2.24) is 0 Å². The van der Waals surface area contributed by atoms with E-state index in [4.69, 9.17) is 20.7 Å². The Morgan fingerprint density at radius 2 is 2.25 bits per heavy atom. The average Bonchev–Trinajstić information content (AvgIpc) is 2.14. The Bertz CT molecular complexity index is 174. The van der Waals surface area contributed by atoms with Gasteiger partial charge >= 0.3 is 19.3 Å². The third kappa shape index (κ3) is 1.78. The van der Waals surface area contributed by atoms with Crippen LogP contribution in [0.2, 0.25) is 4.34 Å². The van der Waals surface area contributed by atoms with Crippen LogP contribution in [0.5, 0.6) is 0 Å². The van der Waals surface area contributed by atoms with Crippen LogP contribution in [-0.4, -0.2) is 19.3 Å². The summed E-state index contributed by atoms with van der Waals surface area (Å²) in [5.74, 6) is 0. The van der Waals surface area contributed by atoms with Crippen molar-refractivity contribution in [3.8, 4) is 0 Å². The van der Waals surface area contributed by atoms with Crippen molar-refractivity contribution in [3.05, 3.63) is 16.5 Å². The van der Waals surface area contributed by atoms with E-state index in [9.17, 15) is 0 Å². The fourth-order valence-corrected chi connectivity index (χ4v) is 3.23. The molecule has 0 saturated heterocycles. The van der Waals surface area contributed by atoms with Gasteiger partial charge in [-0.1, -0.05) is 20.7 Å². The van der Waals surface area contributed by atoms with Gasteiger partial charge in [-0.15, -0.1) is 0 Å². The first-order chi connectivity index (χ1) is 3.83. The Labute approximate surface area is 70.3 Å². The van der Waals surface area contributed by atoms with Crippen LogP contribution in [0.1, 0.15) is 0 Å². The number of rotatable bonds is 1. The van der Waals surface area contributed by atoms with Crippen molar-refractivity contribution in [3.63, 3.8) is 0 Å². The molecule has 0 aliphatic heterocycles. The van der Waals surface area contributed by atoms with E-state index in [1.807, 2.05) is 12.1 Å². The van der Waals surface area contributed by atoms with Gasteiger partial charge < -0.3 is 9.07 Å². The molecule has 0 nitrogen and oxygen atoms in total. The molecule has 0 N–H and O–H groups in total. The van der Waals surface area contributed by atoms with Gasteiger partial charge in [0.05, 0.1) is 4.34 Å². The average molecular weight is 177 g/mol. The molecule has 8 heavy (non-hydrogen) atoms. The van der Waals surface area contributed by atoms with E-state index in [0.29, 0.717) is 0 Å². The quantitative estimate of drug-likeness (QED) is 0.575. The summed E-state index contributed by atoms with van der Waals surface area (Å²) in [4.78, 5) is 0. The predicted octanol–water partition coefficient (Wildman–Crippen LogP) is 1.88. The van der Waals surface area contributed by atoms with Crippen LogP contribution < -0.4 is 3.01 Å². The number of hydrogen-bond donors (Lipinski definition) is 0. The molecule has 0 fully saturated rings. The topological polar surface area (TPSA) is 0 Å². The fourth-order valence-electron chi connectivity index (χ4n) is 0.424. The molecule has 0 unspecified atom stereocenters. The Balaban J connectivity index is 2.84. The van der Waals surface area contributed by atoms with Crippen LogP contribution >= 0.6 is 32.0 Å². The highest BCUT2D eigenvalue weighted by atomic mass is 35.5. The maximum atomic E-state index is 5.63. The van der Waals surface area contributed by atoms with Crippen molar-refractivity contribution in [1.29, 1.82) is 0 Å². The second-order valence-electron chi connectivity index (χ2n) is 1.34. The lowest BCUT2D eigenvalue weighted by Gasteiger charge is -1.75. The van der Waals surface area contributed by atoms with E-state index < -0.39 is 19.3 Å². The van der Waals surface area contributed by atoms with E-state index in [-0.39, 0.29) is 0 Å². The summed E-state index contributed by atoms with van der Waals surface area (Å²) in [6, 6.07) is 3.88. The Kier molecular flexibility index (Phi) is 2.93. The maximum absolute atomic E-state index is 5.63. The molecule has 4 heteroatoms. The van der Waals surface area contributed by atoms with Gasteiger partial charge in [0.25, 0.3) is 0 Å². The van der Waals surface area contributed by atoms with Gasteiger partial charge in [0, 0.05) is 0 Å². The lowest BCUT2D eigenvalue weighted by atomic mass is 10.7. The zero-order valence-electron chi connectivity index (χ0n) is 4.03. The SMILES string of the molecule is [Cl][Mg][c]1ccc(Cl)s1. The van der Waals surface area contributed by atoms with Crippen LogP contribution in [0.25, 0.3) is 0 Å². The Morgan fingerprint density at radius 1 is 1.50 bits per heavy atom. The molecule has 0 spiro atoms. The number of hydrogen-bond acceptors (Lipinski definition) is 1. The predicted molar refractivity (Wildman–Crippen MR) is 40.6 cm³/mol. The van der Waals surface area contributed by atoms with Crippen molar-refractivity contribution in [2.75, 3.05) is 0 Å². The molecule has 0 aliphatic rings. The number of halogens is 2. The summed E-state index contributed by atoms with van der Waals surface area (Å²) in [6.07, 6.45) is 0. The van der Waals surface area contributed by atoms with Gasteiger partial charge in [-0.05, 0) is 6.07 Å². The van der Waals surface area contributed by atoms with Gasteiger partial charge in [0.1, 0.15) is 0 Å². The van der Waals surface area contributed by atoms with Crippen molar-refractivity contribution in [2.24, 2.45) is 0 Å². The molecule has 0 bridgehead atoms. The van der Waals surface area contributed by atoms with Gasteiger partial charge in [-0.25, -0.2) is 0 Å². The van der Waals surface area contributed by atoms with Gasteiger partial charge in [-0.3, -0.25) is 0 Å². The van der Waals surface area contributed by atoms with Crippen molar-refractivity contribution in [2.45, 2.75) is 0 Å². The van der Waals surface area contributed by atoms with Gasteiger partial charge in [0.15, 0.2) is 0 Å². The molecule has 1 aromatic rings. The Morgan fingerprint density at radius 3 is 2.50 bits per heavy atom. The van der Waals surface area contributed by atoms with E-state index >= 15 is 0 Å². The fraction of sp³-hybridized carbons (Fsp3) is 0. The van der Waals surface area contributed by atoms with Crippen LogP contribution in [0.4, 0.5) is 0 Å². The first-order valence-electron chi connectivity index (χ1n) is 2.13. The summed E-state index contributed by atoms with van der Waals surface area (Å²) in [7, 11) is 5.63. The summed E-state index contributed by atoms with van der Waals surface area (Å²) >= 11 is 6.72. The summed E-state index contributed by atoms with van der Waals surface area (Å²) < 4.78 is 2.10. The second-order valence-corrected chi connectivity index (χ2v) is 5.48. The molecule has 0 amide bonds. The molecule has 40 valence electrons. The van der Waals surface area contributed by atoms with Crippen LogP contribution in [0, 0.1) is 0 Å². The highest BCUT2D eigenvalue weighted by molar-refractivity contribution is 7.29. The zero-order chi connectivity index (χ0) is 5.98. The highest BCUT2D eigenvalue weighted by Crippen LogP contribution is 2.12. The zero-order valence-corrected chi connectivity index (χ0v) is 7.77. The minimum absolute atomic E-state index is 0.482. The molecule has 0 saturated carbocycles. The van der Waals surface area contributed by atoms with E-state index in [1.165, 1.54) is 3.01 Å². The summed E-state index contributed by atoms with van der Waals surface area (Å²) in [5, 5.41) is 0. The van der Waals surface area contributed by atoms with Crippen LogP contribution in [0.15, 0.2) is 12.1 Å². The third-order valence-electron chi connectivity index (χ3n) is 0.761. The standard InChI is InChI=1S/C4H2ClS.ClH.Mg/c5-4-2-1-3-6-4;;/h1-2H;1H;/q;;+1/p-1.